The molecule has 0 bridgehead atoms. The number of carbonyl (C=O) groups is 1. The summed E-state index contributed by atoms with van der Waals surface area (Å²) >= 11 is 0. The molecule has 0 saturated carbocycles. The van der Waals surface area contributed by atoms with E-state index in [2.05, 4.69) is 5.32 Å². The highest BCUT2D eigenvalue weighted by atomic mass is 16.3. The van der Waals surface area contributed by atoms with Gasteiger partial charge < -0.3 is 20.0 Å². The number of aryl methyl sites for hydroxylation is 1. The van der Waals surface area contributed by atoms with Gasteiger partial charge in [-0.25, -0.2) is 0 Å². The van der Waals surface area contributed by atoms with Crippen molar-refractivity contribution in [3.8, 4) is 0 Å². The topological polar surface area (TPSA) is 90.3 Å². The second-order valence-electron chi connectivity index (χ2n) is 4.73. The number of hydrogen-bond acceptors (Lipinski definition) is 4. The van der Waals surface area contributed by atoms with Crippen molar-refractivity contribution in [3.63, 3.8) is 0 Å². The molecule has 0 radical (unpaired) electrons. The van der Waals surface area contributed by atoms with E-state index in [0.29, 0.717) is 17.0 Å². The Hall–Kier alpha value is -3.02. The Balaban J connectivity index is 1.89. The fourth-order valence-corrected chi connectivity index (χ4v) is 2.03. The first kappa shape index (κ1) is 13.0. The third-order valence-electron chi connectivity index (χ3n) is 3.11. The number of amides is 1. The second-order valence-corrected chi connectivity index (χ2v) is 4.73. The maximum Gasteiger partial charge on any atom is 0.291 e. The van der Waals surface area contributed by atoms with Crippen LogP contribution < -0.4 is 16.6 Å². The first-order valence-corrected chi connectivity index (χ1v) is 6.30. The van der Waals surface area contributed by atoms with Crippen molar-refractivity contribution in [2.24, 2.45) is 7.05 Å². The number of nitrogens with two attached hydrogens (primary N) is 1. The molecule has 0 fully saturated rings. The number of nitrogens with zero attached hydrogens (tertiary/aromatic N) is 1. The quantitative estimate of drug-likeness (QED) is 0.703. The average Bonchev–Trinajstić information content (AvgIpc) is 2.86. The van der Waals surface area contributed by atoms with Gasteiger partial charge in [0, 0.05) is 30.4 Å². The Kier molecular flexibility index (Phi) is 2.98. The molecule has 6 heteroatoms. The first-order valence-electron chi connectivity index (χ1n) is 6.30. The van der Waals surface area contributed by atoms with Gasteiger partial charge in [-0.05, 0) is 30.3 Å². The van der Waals surface area contributed by atoms with Crippen LogP contribution in [0.25, 0.3) is 11.0 Å². The van der Waals surface area contributed by atoms with Crippen LogP contribution in [-0.2, 0) is 7.05 Å². The van der Waals surface area contributed by atoms with Crippen LogP contribution in [0.5, 0.6) is 0 Å². The zero-order valence-electron chi connectivity index (χ0n) is 11.3. The van der Waals surface area contributed by atoms with Crippen molar-refractivity contribution in [1.29, 1.82) is 0 Å². The van der Waals surface area contributed by atoms with Crippen LogP contribution in [0.15, 0.2) is 51.8 Å². The predicted octanol–water partition coefficient (Wildman–Crippen LogP) is 1.97. The molecule has 2 heterocycles. The molecule has 21 heavy (non-hydrogen) atoms. The molecule has 1 amide bonds. The summed E-state index contributed by atoms with van der Waals surface area (Å²) in [6, 6.07) is 9.72. The molecular formula is C15H13N3O3. The molecule has 3 aromatic rings. The molecule has 106 valence electrons. The maximum atomic E-state index is 12.1. The lowest BCUT2D eigenvalue weighted by Gasteiger charge is -2.04. The third kappa shape index (κ3) is 2.51. The van der Waals surface area contributed by atoms with E-state index >= 15 is 0 Å². The number of fused-ring (bicyclic) bond motifs is 1. The minimum absolute atomic E-state index is 0.146. The fourth-order valence-electron chi connectivity index (χ4n) is 2.03. The highest BCUT2D eigenvalue weighted by Crippen LogP contribution is 2.22. The van der Waals surface area contributed by atoms with Gasteiger partial charge in [0.15, 0.2) is 5.76 Å². The Labute approximate surface area is 119 Å². The van der Waals surface area contributed by atoms with Crippen LogP contribution in [0.1, 0.15) is 10.6 Å². The van der Waals surface area contributed by atoms with Crippen LogP contribution in [0.2, 0.25) is 0 Å². The molecule has 3 N–H and O–H groups in total. The Morgan fingerprint density at radius 2 is 2.05 bits per heavy atom. The van der Waals surface area contributed by atoms with Crippen LogP contribution in [-0.4, -0.2) is 10.5 Å². The van der Waals surface area contributed by atoms with E-state index in [0.717, 1.165) is 5.39 Å². The van der Waals surface area contributed by atoms with E-state index in [-0.39, 0.29) is 17.2 Å². The lowest BCUT2D eigenvalue weighted by molar-refractivity contribution is 0.0998. The molecular weight excluding hydrogens is 270 g/mol. The number of hydrogen-bond donors (Lipinski definition) is 2. The van der Waals surface area contributed by atoms with Gasteiger partial charge in [-0.15, -0.1) is 0 Å². The van der Waals surface area contributed by atoms with E-state index in [9.17, 15) is 9.59 Å². The number of carbonyl (C=O) groups excluding carboxylic acids is 1. The summed E-state index contributed by atoms with van der Waals surface area (Å²) in [5, 5.41) is 3.44. The monoisotopic (exact) mass is 283 g/mol. The molecule has 0 spiro atoms. The SMILES string of the molecule is Cn1cc(NC(=O)c2cc3cc(N)ccc3o2)ccc1=O. The zero-order valence-corrected chi connectivity index (χ0v) is 11.3. The van der Waals surface area contributed by atoms with Crippen molar-refractivity contribution in [2.75, 3.05) is 11.1 Å². The van der Waals surface area contributed by atoms with Crippen molar-refractivity contribution in [1.82, 2.24) is 4.57 Å². The van der Waals surface area contributed by atoms with Crippen LogP contribution in [0, 0.1) is 0 Å². The van der Waals surface area contributed by atoms with Gasteiger partial charge in [0.05, 0.1) is 5.69 Å². The minimum atomic E-state index is -0.386. The predicted molar refractivity (Wildman–Crippen MR) is 80.3 cm³/mol. The summed E-state index contributed by atoms with van der Waals surface area (Å²) in [7, 11) is 1.61. The number of anilines is 2. The number of benzene rings is 1. The standard InChI is InChI=1S/C15H13N3O3/c1-18-8-11(3-5-14(18)19)17-15(20)13-7-9-6-10(16)2-4-12(9)21-13/h2-8H,16H2,1H3,(H,17,20). The van der Waals surface area contributed by atoms with Gasteiger partial charge in [0.1, 0.15) is 5.58 Å². The third-order valence-corrected chi connectivity index (χ3v) is 3.11. The van der Waals surface area contributed by atoms with E-state index in [1.54, 1.807) is 43.6 Å². The molecule has 6 nitrogen and oxygen atoms in total. The molecule has 0 atom stereocenters. The number of pyridine rings is 1. The van der Waals surface area contributed by atoms with Crippen molar-refractivity contribution < 1.29 is 9.21 Å². The molecule has 0 saturated heterocycles. The largest absolute Gasteiger partial charge is 0.451 e. The van der Waals surface area contributed by atoms with Gasteiger partial charge in [-0.2, -0.15) is 0 Å². The van der Waals surface area contributed by atoms with Gasteiger partial charge in [-0.1, -0.05) is 0 Å². The van der Waals surface area contributed by atoms with Crippen molar-refractivity contribution in [3.05, 3.63) is 58.7 Å². The molecule has 3 rings (SSSR count). The molecule has 2 aromatic heterocycles. The van der Waals surface area contributed by atoms with E-state index in [1.807, 2.05) is 0 Å². The normalized spacial score (nSPS) is 10.7. The molecule has 1 aromatic carbocycles. The number of furan rings is 1. The number of aromatic nitrogens is 1. The Bertz CT molecular complexity index is 893. The molecule has 0 aliphatic carbocycles. The fraction of sp³-hybridized carbons (Fsp3) is 0.0667. The molecule has 0 unspecified atom stereocenters. The van der Waals surface area contributed by atoms with Gasteiger partial charge in [0.2, 0.25) is 5.56 Å². The smallest absolute Gasteiger partial charge is 0.291 e. The van der Waals surface area contributed by atoms with Gasteiger partial charge >= 0.3 is 0 Å². The van der Waals surface area contributed by atoms with Crippen LogP contribution >= 0.6 is 0 Å². The van der Waals surface area contributed by atoms with Crippen molar-refractivity contribution >= 4 is 28.3 Å². The lowest BCUT2D eigenvalue weighted by Crippen LogP contribution is -2.17. The highest BCUT2D eigenvalue weighted by Gasteiger charge is 2.13. The molecule has 0 aliphatic rings. The molecule has 0 aliphatic heterocycles. The number of rotatable bonds is 2. The van der Waals surface area contributed by atoms with Gasteiger partial charge in [0.25, 0.3) is 5.91 Å². The minimum Gasteiger partial charge on any atom is -0.451 e. The number of nitrogens with one attached hydrogen (secondary N) is 1. The summed E-state index contributed by atoms with van der Waals surface area (Å²) in [5.41, 5.74) is 7.26. The van der Waals surface area contributed by atoms with E-state index in [4.69, 9.17) is 10.2 Å². The number of nitrogen functional groups attached to an aromatic ring is 1. The highest BCUT2D eigenvalue weighted by molar-refractivity contribution is 6.04. The van der Waals surface area contributed by atoms with Gasteiger partial charge in [-0.3, -0.25) is 9.59 Å². The first-order chi connectivity index (χ1) is 10.0. The lowest BCUT2D eigenvalue weighted by atomic mass is 10.2. The summed E-state index contributed by atoms with van der Waals surface area (Å²) in [5.74, 6) is -0.201. The van der Waals surface area contributed by atoms with E-state index in [1.165, 1.54) is 10.6 Å². The summed E-state index contributed by atoms with van der Waals surface area (Å²) in [4.78, 5) is 23.4. The summed E-state index contributed by atoms with van der Waals surface area (Å²) in [6.07, 6.45) is 1.54. The Morgan fingerprint density at radius 3 is 2.81 bits per heavy atom. The van der Waals surface area contributed by atoms with Crippen LogP contribution in [0.4, 0.5) is 11.4 Å². The summed E-state index contributed by atoms with van der Waals surface area (Å²) in [6.45, 7) is 0. The van der Waals surface area contributed by atoms with E-state index < -0.39 is 0 Å². The Morgan fingerprint density at radius 1 is 1.24 bits per heavy atom. The zero-order chi connectivity index (χ0) is 15.0. The van der Waals surface area contributed by atoms with Crippen molar-refractivity contribution in [2.45, 2.75) is 0 Å². The van der Waals surface area contributed by atoms with Crippen LogP contribution in [0.3, 0.4) is 0 Å². The maximum absolute atomic E-state index is 12.1. The summed E-state index contributed by atoms with van der Waals surface area (Å²) < 4.78 is 6.86. The second kappa shape index (κ2) is 4.82. The average molecular weight is 283 g/mol.